The van der Waals surface area contributed by atoms with Gasteiger partial charge in [0.05, 0.1) is 12.2 Å². The van der Waals surface area contributed by atoms with Crippen molar-refractivity contribution in [3.63, 3.8) is 0 Å². The van der Waals surface area contributed by atoms with Crippen LogP contribution >= 0.6 is 11.6 Å². The Hall–Kier alpha value is -2.14. The highest BCUT2D eigenvalue weighted by molar-refractivity contribution is 6.32. The average molecular weight is 289 g/mol. The first kappa shape index (κ1) is 12.9. The largest absolute Gasteiger partial charge is 0.335 e. The van der Waals surface area contributed by atoms with E-state index in [0.29, 0.717) is 18.1 Å². The van der Waals surface area contributed by atoms with E-state index in [-0.39, 0.29) is 11.9 Å². The van der Waals surface area contributed by atoms with Crippen LogP contribution in [0, 0.1) is 0 Å². The molecule has 1 amide bonds. The Bertz CT molecular complexity index is 632. The second kappa shape index (κ2) is 5.46. The van der Waals surface area contributed by atoms with Crippen molar-refractivity contribution in [1.29, 1.82) is 0 Å². The van der Waals surface area contributed by atoms with Crippen LogP contribution in [0.15, 0.2) is 42.7 Å². The van der Waals surface area contributed by atoms with Crippen LogP contribution in [0.5, 0.6) is 0 Å². The molecule has 0 saturated carbocycles. The fourth-order valence-corrected chi connectivity index (χ4v) is 2.29. The van der Waals surface area contributed by atoms with Crippen LogP contribution in [0.3, 0.4) is 0 Å². The van der Waals surface area contributed by atoms with Crippen molar-refractivity contribution in [3.05, 3.63) is 53.3 Å². The molecular weight excluding hydrogens is 276 g/mol. The minimum atomic E-state index is -0.0127. The summed E-state index contributed by atoms with van der Waals surface area (Å²) in [6.45, 7) is 1.32. The van der Waals surface area contributed by atoms with Gasteiger partial charge in [0.1, 0.15) is 0 Å². The van der Waals surface area contributed by atoms with Gasteiger partial charge in [-0.3, -0.25) is 4.79 Å². The van der Waals surface area contributed by atoms with Crippen molar-refractivity contribution in [2.75, 3.05) is 13.1 Å². The number of benzene rings is 1. The van der Waals surface area contributed by atoms with Gasteiger partial charge in [0, 0.05) is 30.4 Å². The number of rotatable bonds is 3. The quantitative estimate of drug-likeness (QED) is 0.812. The minimum Gasteiger partial charge on any atom is -0.335 e. The summed E-state index contributed by atoms with van der Waals surface area (Å²) in [5.41, 5.74) is 0.843. The van der Waals surface area contributed by atoms with Crippen molar-refractivity contribution in [1.82, 2.24) is 19.9 Å². The number of hydrogen-bond donors (Lipinski definition) is 0. The summed E-state index contributed by atoms with van der Waals surface area (Å²) < 4.78 is 1.78. The Balaban J connectivity index is 1.58. The zero-order valence-corrected chi connectivity index (χ0v) is 11.4. The van der Waals surface area contributed by atoms with E-state index in [0.717, 1.165) is 5.56 Å². The highest BCUT2D eigenvalue weighted by atomic mass is 35.5. The van der Waals surface area contributed by atoms with E-state index in [1.807, 2.05) is 24.4 Å². The third-order valence-electron chi connectivity index (χ3n) is 3.30. The summed E-state index contributed by atoms with van der Waals surface area (Å²) in [4.78, 5) is 13.7. The van der Waals surface area contributed by atoms with E-state index >= 15 is 0 Å². The lowest BCUT2D eigenvalue weighted by Crippen LogP contribution is -2.50. The molecule has 0 radical (unpaired) electrons. The third-order valence-corrected chi connectivity index (χ3v) is 3.64. The number of hydrogen-bond acceptors (Lipinski definition) is 3. The zero-order chi connectivity index (χ0) is 13.9. The van der Waals surface area contributed by atoms with Gasteiger partial charge in [-0.15, -0.1) is 5.10 Å². The van der Waals surface area contributed by atoms with Gasteiger partial charge in [-0.2, -0.15) is 0 Å². The van der Waals surface area contributed by atoms with E-state index in [1.54, 1.807) is 34.0 Å². The van der Waals surface area contributed by atoms with Crippen molar-refractivity contribution < 1.29 is 4.79 Å². The fraction of sp³-hybridized carbons (Fsp3) is 0.214. The average Bonchev–Trinajstić information content (AvgIpc) is 2.90. The summed E-state index contributed by atoms with van der Waals surface area (Å²) >= 11 is 6.03. The van der Waals surface area contributed by atoms with Crippen molar-refractivity contribution in [2.45, 2.75) is 6.04 Å². The Morgan fingerprint density at radius 1 is 1.35 bits per heavy atom. The fourth-order valence-electron chi connectivity index (χ4n) is 2.09. The van der Waals surface area contributed by atoms with Gasteiger partial charge in [-0.1, -0.05) is 35.0 Å². The molecule has 0 aliphatic carbocycles. The summed E-state index contributed by atoms with van der Waals surface area (Å²) in [7, 11) is 0. The van der Waals surface area contributed by atoms with Crippen LogP contribution < -0.4 is 0 Å². The first-order valence-corrected chi connectivity index (χ1v) is 6.69. The molecule has 3 rings (SSSR count). The molecule has 0 atom stereocenters. The summed E-state index contributed by atoms with van der Waals surface area (Å²) in [5, 5.41) is 8.33. The summed E-state index contributed by atoms with van der Waals surface area (Å²) in [6.07, 6.45) is 6.75. The van der Waals surface area contributed by atoms with E-state index in [2.05, 4.69) is 10.3 Å². The molecule has 1 saturated heterocycles. The number of carbonyl (C=O) groups excluding carboxylic acids is 1. The standard InChI is InChI=1S/C14H13ClN4O/c15-13-4-2-1-3-11(13)5-6-14(20)18-9-12(10-18)19-8-7-16-17-19/h1-8,12H,9-10H2/b6-5+. The van der Waals surface area contributed by atoms with Crippen LogP contribution in [0.4, 0.5) is 0 Å². The highest BCUT2D eigenvalue weighted by Gasteiger charge is 2.31. The molecule has 6 heteroatoms. The number of nitrogens with zero attached hydrogens (tertiary/aromatic N) is 4. The Morgan fingerprint density at radius 3 is 2.85 bits per heavy atom. The molecule has 1 aromatic heterocycles. The second-order valence-corrected chi connectivity index (χ2v) is 5.04. The van der Waals surface area contributed by atoms with E-state index in [1.165, 1.54) is 0 Å². The highest BCUT2D eigenvalue weighted by Crippen LogP contribution is 2.21. The third kappa shape index (κ3) is 2.58. The topological polar surface area (TPSA) is 51.0 Å². The van der Waals surface area contributed by atoms with Crippen molar-refractivity contribution in [2.24, 2.45) is 0 Å². The maximum atomic E-state index is 12.0. The van der Waals surface area contributed by atoms with Gasteiger partial charge in [-0.25, -0.2) is 4.68 Å². The van der Waals surface area contributed by atoms with Crippen LogP contribution in [0.1, 0.15) is 11.6 Å². The molecule has 1 fully saturated rings. The van der Waals surface area contributed by atoms with Crippen molar-refractivity contribution in [3.8, 4) is 0 Å². The zero-order valence-electron chi connectivity index (χ0n) is 10.7. The molecule has 2 aromatic rings. The molecule has 0 N–H and O–H groups in total. The van der Waals surface area contributed by atoms with Gasteiger partial charge in [0.15, 0.2) is 0 Å². The summed E-state index contributed by atoms with van der Waals surface area (Å²) in [5.74, 6) is -0.0127. The van der Waals surface area contributed by atoms with Crippen LogP contribution in [-0.2, 0) is 4.79 Å². The predicted molar refractivity (Wildman–Crippen MR) is 76.1 cm³/mol. The Morgan fingerprint density at radius 2 is 2.15 bits per heavy atom. The van der Waals surface area contributed by atoms with Crippen LogP contribution in [0.25, 0.3) is 6.08 Å². The van der Waals surface area contributed by atoms with Gasteiger partial charge in [-0.05, 0) is 17.7 Å². The van der Waals surface area contributed by atoms with Gasteiger partial charge >= 0.3 is 0 Å². The Labute approximate surface area is 121 Å². The number of likely N-dealkylation sites (tertiary alicyclic amines) is 1. The first-order valence-electron chi connectivity index (χ1n) is 6.31. The second-order valence-electron chi connectivity index (χ2n) is 4.63. The lowest BCUT2D eigenvalue weighted by molar-refractivity contribution is -0.131. The molecular formula is C14H13ClN4O. The SMILES string of the molecule is O=C(/C=C/c1ccccc1Cl)N1CC(n2ccnn2)C1. The van der Waals surface area contributed by atoms with Crippen molar-refractivity contribution >= 4 is 23.6 Å². The number of aromatic nitrogens is 3. The molecule has 0 spiro atoms. The van der Waals surface area contributed by atoms with E-state index in [4.69, 9.17) is 11.6 Å². The summed E-state index contributed by atoms with van der Waals surface area (Å²) in [6, 6.07) is 7.66. The molecule has 1 aliphatic heterocycles. The number of carbonyl (C=O) groups is 1. The molecule has 0 bridgehead atoms. The first-order chi connectivity index (χ1) is 9.74. The lowest BCUT2D eigenvalue weighted by Gasteiger charge is -2.38. The van der Waals surface area contributed by atoms with Crippen LogP contribution in [0.2, 0.25) is 5.02 Å². The normalized spacial score (nSPS) is 15.6. The number of amides is 1. The molecule has 2 heterocycles. The molecule has 5 nitrogen and oxygen atoms in total. The minimum absolute atomic E-state index is 0.0127. The molecule has 20 heavy (non-hydrogen) atoms. The smallest absolute Gasteiger partial charge is 0.246 e. The Kier molecular flexibility index (Phi) is 3.52. The molecule has 1 aliphatic rings. The lowest BCUT2D eigenvalue weighted by atomic mass is 10.1. The number of halogens is 1. The monoisotopic (exact) mass is 288 g/mol. The molecule has 102 valence electrons. The predicted octanol–water partition coefficient (Wildman–Crippen LogP) is 2.03. The van der Waals surface area contributed by atoms with Gasteiger partial charge in [0.2, 0.25) is 5.91 Å². The molecule has 0 unspecified atom stereocenters. The molecule has 1 aromatic carbocycles. The van der Waals surface area contributed by atoms with E-state index < -0.39 is 0 Å². The maximum Gasteiger partial charge on any atom is 0.246 e. The maximum absolute atomic E-state index is 12.0. The van der Waals surface area contributed by atoms with Gasteiger partial charge in [0.25, 0.3) is 0 Å². The van der Waals surface area contributed by atoms with Crippen LogP contribution in [-0.4, -0.2) is 38.9 Å². The van der Waals surface area contributed by atoms with E-state index in [9.17, 15) is 4.79 Å². The van der Waals surface area contributed by atoms with Gasteiger partial charge < -0.3 is 4.90 Å².